The molecule has 0 saturated heterocycles. The van der Waals surface area contributed by atoms with Crippen molar-refractivity contribution in [3.8, 4) is 0 Å². The minimum Gasteiger partial charge on any atom is -0.480 e. The quantitative estimate of drug-likeness (QED) is 0.611. The fourth-order valence-electron chi connectivity index (χ4n) is 1.95. The molecule has 1 unspecified atom stereocenters. The summed E-state index contributed by atoms with van der Waals surface area (Å²) in [7, 11) is 1.64. The number of urea groups is 1. The van der Waals surface area contributed by atoms with Crippen LogP contribution in [-0.4, -0.2) is 47.5 Å². The van der Waals surface area contributed by atoms with Crippen LogP contribution in [0.15, 0.2) is 0 Å². The largest absolute Gasteiger partial charge is 0.480 e. The summed E-state index contributed by atoms with van der Waals surface area (Å²) in [5.41, 5.74) is 4.97. The van der Waals surface area contributed by atoms with Gasteiger partial charge in [0.2, 0.25) is 5.91 Å². The zero-order valence-electron chi connectivity index (χ0n) is 11.1. The third-order valence-electron chi connectivity index (χ3n) is 3.38. The van der Waals surface area contributed by atoms with Crippen LogP contribution >= 0.6 is 0 Å². The molecular formula is C12H21N3O4. The second-order valence-corrected chi connectivity index (χ2v) is 5.02. The maximum absolute atomic E-state index is 11.8. The van der Waals surface area contributed by atoms with Gasteiger partial charge in [0.1, 0.15) is 6.04 Å². The molecule has 7 heteroatoms. The van der Waals surface area contributed by atoms with Crippen molar-refractivity contribution in [1.29, 1.82) is 0 Å². The van der Waals surface area contributed by atoms with Crippen molar-refractivity contribution in [3.05, 3.63) is 0 Å². The maximum Gasteiger partial charge on any atom is 0.326 e. The Balaban J connectivity index is 2.40. The van der Waals surface area contributed by atoms with Crippen molar-refractivity contribution in [2.45, 2.75) is 38.1 Å². The molecule has 0 aromatic heterocycles. The molecule has 0 bridgehead atoms. The molecule has 4 N–H and O–H groups in total. The monoisotopic (exact) mass is 271 g/mol. The number of carbonyl (C=O) groups is 3. The molecule has 1 saturated carbocycles. The number of amides is 3. The topological polar surface area (TPSA) is 113 Å². The molecule has 7 nitrogen and oxygen atoms in total. The second-order valence-electron chi connectivity index (χ2n) is 5.02. The third kappa shape index (κ3) is 5.15. The highest BCUT2D eigenvalue weighted by Gasteiger charge is 2.25. The number of nitrogens with one attached hydrogen (secondary N) is 1. The van der Waals surface area contributed by atoms with E-state index in [2.05, 4.69) is 5.32 Å². The molecule has 0 aromatic carbocycles. The zero-order valence-corrected chi connectivity index (χ0v) is 11.1. The van der Waals surface area contributed by atoms with Crippen LogP contribution in [0, 0.1) is 5.92 Å². The number of hydrogen-bond acceptors (Lipinski definition) is 3. The first-order chi connectivity index (χ1) is 8.90. The van der Waals surface area contributed by atoms with Crippen molar-refractivity contribution < 1.29 is 19.5 Å². The summed E-state index contributed by atoms with van der Waals surface area (Å²) >= 11 is 0. The molecule has 1 rings (SSSR count). The lowest BCUT2D eigenvalue weighted by atomic mass is 9.85. The van der Waals surface area contributed by atoms with Crippen LogP contribution < -0.4 is 11.1 Å². The van der Waals surface area contributed by atoms with Crippen LogP contribution in [0.4, 0.5) is 4.79 Å². The number of nitrogens with zero attached hydrogens (tertiary/aromatic N) is 1. The average Bonchev–Trinajstić information content (AvgIpc) is 2.27. The molecule has 0 aromatic rings. The van der Waals surface area contributed by atoms with Gasteiger partial charge in [-0.2, -0.15) is 0 Å². The number of primary amides is 1. The molecule has 19 heavy (non-hydrogen) atoms. The molecule has 108 valence electrons. The van der Waals surface area contributed by atoms with E-state index in [0.717, 1.165) is 12.8 Å². The van der Waals surface area contributed by atoms with Gasteiger partial charge in [-0.05, 0) is 25.2 Å². The van der Waals surface area contributed by atoms with Gasteiger partial charge >= 0.3 is 12.0 Å². The first-order valence-corrected chi connectivity index (χ1v) is 6.43. The Morgan fingerprint density at radius 2 is 2.05 bits per heavy atom. The van der Waals surface area contributed by atoms with Gasteiger partial charge in [0.15, 0.2) is 0 Å². The van der Waals surface area contributed by atoms with Gasteiger partial charge < -0.3 is 21.1 Å². The van der Waals surface area contributed by atoms with Crippen LogP contribution in [0.5, 0.6) is 0 Å². The number of carbonyl (C=O) groups excluding carboxylic acids is 2. The first kappa shape index (κ1) is 15.3. The van der Waals surface area contributed by atoms with Gasteiger partial charge in [-0.3, -0.25) is 4.79 Å². The van der Waals surface area contributed by atoms with E-state index in [1.807, 2.05) is 0 Å². The van der Waals surface area contributed by atoms with E-state index in [9.17, 15) is 14.4 Å². The Bertz CT molecular complexity index is 355. The first-order valence-electron chi connectivity index (χ1n) is 6.43. The molecule has 1 atom stereocenters. The van der Waals surface area contributed by atoms with Crippen LogP contribution in [0.1, 0.15) is 32.1 Å². The maximum atomic E-state index is 11.8. The molecule has 1 fully saturated rings. The zero-order chi connectivity index (χ0) is 14.4. The van der Waals surface area contributed by atoms with Crippen LogP contribution in [0.2, 0.25) is 0 Å². The lowest BCUT2D eigenvalue weighted by molar-refractivity contribution is -0.139. The number of carboxylic acid groups (broad SMARTS) is 1. The van der Waals surface area contributed by atoms with Gasteiger partial charge in [0.25, 0.3) is 0 Å². The van der Waals surface area contributed by atoms with E-state index >= 15 is 0 Å². The summed E-state index contributed by atoms with van der Waals surface area (Å²) in [5.74, 6) is -1.22. The van der Waals surface area contributed by atoms with Crippen molar-refractivity contribution in [1.82, 2.24) is 10.2 Å². The highest BCUT2D eigenvalue weighted by atomic mass is 16.4. The van der Waals surface area contributed by atoms with E-state index in [1.54, 1.807) is 7.05 Å². The van der Waals surface area contributed by atoms with Gasteiger partial charge in [-0.1, -0.05) is 6.42 Å². The normalized spacial score (nSPS) is 16.3. The van der Waals surface area contributed by atoms with Crippen LogP contribution in [-0.2, 0) is 9.59 Å². The molecule has 0 radical (unpaired) electrons. The van der Waals surface area contributed by atoms with Crippen molar-refractivity contribution in [2.75, 3.05) is 13.6 Å². The average molecular weight is 271 g/mol. The van der Waals surface area contributed by atoms with Crippen LogP contribution in [0.25, 0.3) is 0 Å². The van der Waals surface area contributed by atoms with Gasteiger partial charge in [0, 0.05) is 20.0 Å². The fourth-order valence-corrected chi connectivity index (χ4v) is 1.95. The summed E-state index contributed by atoms with van der Waals surface area (Å²) in [6.07, 6.45) is 3.36. The lowest BCUT2D eigenvalue weighted by Gasteiger charge is -2.30. The van der Waals surface area contributed by atoms with Gasteiger partial charge in [0.05, 0.1) is 0 Å². The fraction of sp³-hybridized carbons (Fsp3) is 0.750. The van der Waals surface area contributed by atoms with Crippen molar-refractivity contribution in [3.63, 3.8) is 0 Å². The number of hydrogen-bond donors (Lipinski definition) is 3. The molecule has 0 spiro atoms. The van der Waals surface area contributed by atoms with E-state index in [0.29, 0.717) is 12.5 Å². The molecule has 3 amide bonds. The Morgan fingerprint density at radius 1 is 1.42 bits per heavy atom. The van der Waals surface area contributed by atoms with Crippen molar-refractivity contribution in [2.24, 2.45) is 11.7 Å². The number of carboxylic acids is 1. The summed E-state index contributed by atoms with van der Waals surface area (Å²) < 4.78 is 0. The summed E-state index contributed by atoms with van der Waals surface area (Å²) in [5, 5.41) is 11.4. The molecule has 1 aliphatic rings. The minimum absolute atomic E-state index is 0.00761. The lowest BCUT2D eigenvalue weighted by Crippen LogP contribution is -2.48. The smallest absolute Gasteiger partial charge is 0.326 e. The van der Waals surface area contributed by atoms with Gasteiger partial charge in [-0.15, -0.1) is 0 Å². The van der Waals surface area contributed by atoms with E-state index < -0.39 is 23.9 Å². The molecule has 0 heterocycles. The molecular weight excluding hydrogens is 250 g/mol. The van der Waals surface area contributed by atoms with Crippen LogP contribution in [0.3, 0.4) is 0 Å². The Morgan fingerprint density at radius 3 is 2.47 bits per heavy atom. The minimum atomic E-state index is -1.16. The van der Waals surface area contributed by atoms with Crippen molar-refractivity contribution >= 4 is 17.9 Å². The van der Waals surface area contributed by atoms with E-state index in [4.69, 9.17) is 10.8 Å². The third-order valence-corrected chi connectivity index (χ3v) is 3.38. The predicted octanol–water partition coefficient (Wildman–Crippen LogP) is 0.147. The summed E-state index contributed by atoms with van der Waals surface area (Å²) in [4.78, 5) is 34.9. The predicted molar refractivity (Wildman–Crippen MR) is 68.4 cm³/mol. The molecule has 1 aliphatic carbocycles. The second kappa shape index (κ2) is 6.96. The van der Waals surface area contributed by atoms with E-state index in [1.165, 1.54) is 11.3 Å². The molecule has 0 aliphatic heterocycles. The number of aliphatic carboxylic acids is 1. The summed E-state index contributed by atoms with van der Waals surface area (Å²) in [6, 6.07) is -1.51. The Hall–Kier alpha value is -1.79. The number of rotatable bonds is 7. The Labute approximate surface area is 112 Å². The summed E-state index contributed by atoms with van der Waals surface area (Å²) in [6.45, 7) is 0.633. The highest BCUT2D eigenvalue weighted by Crippen LogP contribution is 2.26. The number of nitrogens with two attached hydrogens (primary N) is 1. The Kier molecular flexibility index (Phi) is 5.59. The standard InChI is InChI=1S/C12H21N3O4/c1-15(7-8-3-2-4-8)12(19)14-9(11(17)18)5-6-10(13)16/h8-9H,2-7H2,1H3,(H2,13,16)(H,14,19)(H,17,18). The van der Waals surface area contributed by atoms with Gasteiger partial charge in [-0.25, -0.2) is 9.59 Å². The highest BCUT2D eigenvalue weighted by molar-refractivity contribution is 5.83. The SMILES string of the molecule is CN(CC1CCC1)C(=O)NC(CCC(N)=O)C(=O)O. The van der Waals surface area contributed by atoms with E-state index in [-0.39, 0.29) is 12.8 Å².